The highest BCUT2D eigenvalue weighted by molar-refractivity contribution is 5.77. The van der Waals surface area contributed by atoms with Gasteiger partial charge in [0, 0.05) is 12.8 Å². The fourth-order valence-corrected chi connectivity index (χ4v) is 2.10. The Morgan fingerprint density at radius 3 is 2.95 bits per heavy atom. The van der Waals surface area contributed by atoms with Crippen LogP contribution in [0.3, 0.4) is 0 Å². The average molecular weight is 300 g/mol. The lowest BCUT2D eigenvalue weighted by atomic mass is 10.2. The van der Waals surface area contributed by atoms with Gasteiger partial charge in [0.05, 0.1) is 10.9 Å². The van der Waals surface area contributed by atoms with Gasteiger partial charge in [-0.3, -0.25) is 9.59 Å². The number of allylic oxidation sites excluding steroid dienone is 1. The number of benzene rings is 1. The molecule has 0 unspecified atom stereocenters. The van der Waals surface area contributed by atoms with E-state index in [-0.39, 0.29) is 11.5 Å². The van der Waals surface area contributed by atoms with E-state index < -0.39 is 0 Å². The topological polar surface area (TPSA) is 72.0 Å². The molecule has 0 aliphatic heterocycles. The van der Waals surface area contributed by atoms with Gasteiger partial charge in [-0.05, 0) is 25.0 Å². The molecule has 0 amide bonds. The van der Waals surface area contributed by atoms with Gasteiger partial charge in [0.2, 0.25) is 0 Å². The molecule has 0 aliphatic rings. The first kappa shape index (κ1) is 15.9. The Kier molecular flexibility index (Phi) is 5.89. The molecule has 1 aromatic carbocycles. The van der Waals surface area contributed by atoms with Crippen LogP contribution in [0, 0.1) is 0 Å². The van der Waals surface area contributed by atoms with Crippen LogP contribution in [0.1, 0.15) is 32.0 Å². The molecule has 1 N–H and O–H groups in total. The van der Waals surface area contributed by atoms with E-state index >= 15 is 0 Å². The van der Waals surface area contributed by atoms with Gasteiger partial charge in [0.15, 0.2) is 0 Å². The largest absolute Gasteiger partial charge is 0.461 e. The molecular weight excluding hydrogens is 280 g/mol. The van der Waals surface area contributed by atoms with Gasteiger partial charge in [-0.15, -0.1) is 0 Å². The summed E-state index contributed by atoms with van der Waals surface area (Å²) < 4.78 is 5.06. The van der Waals surface area contributed by atoms with Crippen LogP contribution in [0.2, 0.25) is 0 Å². The zero-order valence-electron chi connectivity index (χ0n) is 12.7. The number of ether oxygens (including phenoxy) is 1. The van der Waals surface area contributed by atoms with Crippen molar-refractivity contribution in [2.45, 2.75) is 32.6 Å². The number of aryl methyl sites for hydroxylation is 1. The Morgan fingerprint density at radius 2 is 2.14 bits per heavy atom. The summed E-state index contributed by atoms with van der Waals surface area (Å²) in [5, 5.41) is 0.577. The Hall–Kier alpha value is -2.43. The van der Waals surface area contributed by atoms with Crippen LogP contribution >= 0.6 is 0 Å². The number of carbonyl (C=O) groups excluding carboxylic acids is 1. The van der Waals surface area contributed by atoms with Crippen molar-refractivity contribution in [1.29, 1.82) is 0 Å². The average Bonchev–Trinajstić information content (AvgIpc) is 2.52. The number of aromatic amines is 1. The number of rotatable bonds is 7. The summed E-state index contributed by atoms with van der Waals surface area (Å²) in [6.45, 7) is 2.34. The monoisotopic (exact) mass is 300 g/mol. The number of H-pyrrole nitrogens is 1. The molecule has 116 valence electrons. The van der Waals surface area contributed by atoms with E-state index in [1.54, 1.807) is 6.07 Å². The molecular formula is C17H20N2O3. The van der Waals surface area contributed by atoms with E-state index in [0.717, 1.165) is 6.42 Å². The van der Waals surface area contributed by atoms with Crippen LogP contribution in [0.5, 0.6) is 0 Å². The summed E-state index contributed by atoms with van der Waals surface area (Å²) in [4.78, 5) is 30.6. The third-order valence-corrected chi connectivity index (χ3v) is 3.20. The Bertz CT molecular complexity index is 719. The van der Waals surface area contributed by atoms with Crippen LogP contribution in [0.15, 0.2) is 41.2 Å². The molecule has 0 bridgehead atoms. The number of nitrogens with zero attached hydrogens (tertiary/aromatic N) is 1. The lowest BCUT2D eigenvalue weighted by molar-refractivity contribution is -0.142. The van der Waals surface area contributed by atoms with Crippen molar-refractivity contribution in [3.05, 3.63) is 52.6 Å². The standard InChI is InChI=1S/C17H20N2O3/c1-2-3-6-12-22-16(20)11-7-10-15-18-14-9-5-4-8-13(14)17(21)19-15/h3-6,8-9H,2,7,10-12H2,1H3,(H,18,19,21)/b6-3+. The van der Waals surface area contributed by atoms with Crippen molar-refractivity contribution < 1.29 is 9.53 Å². The lowest BCUT2D eigenvalue weighted by Gasteiger charge is -2.03. The third-order valence-electron chi connectivity index (χ3n) is 3.20. The summed E-state index contributed by atoms with van der Waals surface area (Å²) in [5.41, 5.74) is 0.529. The number of hydrogen-bond donors (Lipinski definition) is 1. The normalized spacial score (nSPS) is 11.1. The number of nitrogens with one attached hydrogen (secondary N) is 1. The van der Waals surface area contributed by atoms with Gasteiger partial charge < -0.3 is 9.72 Å². The van der Waals surface area contributed by atoms with E-state index in [2.05, 4.69) is 9.97 Å². The van der Waals surface area contributed by atoms with Crippen LogP contribution in [0.4, 0.5) is 0 Å². The predicted octanol–water partition coefficient (Wildman–Crippen LogP) is 2.76. The third kappa shape index (κ3) is 4.55. The molecule has 0 aliphatic carbocycles. The molecule has 5 heteroatoms. The van der Waals surface area contributed by atoms with E-state index in [0.29, 0.717) is 42.6 Å². The second kappa shape index (κ2) is 8.12. The fourth-order valence-electron chi connectivity index (χ4n) is 2.10. The lowest BCUT2D eigenvalue weighted by Crippen LogP contribution is -2.12. The minimum Gasteiger partial charge on any atom is -0.461 e. The van der Waals surface area contributed by atoms with Gasteiger partial charge in [-0.1, -0.05) is 31.2 Å². The number of para-hydroxylation sites is 1. The SMILES string of the molecule is CC/C=C/COC(=O)CCCc1nc2ccccc2c(=O)[nH]1. The smallest absolute Gasteiger partial charge is 0.306 e. The number of esters is 1. The maximum absolute atomic E-state index is 11.9. The second-order valence-corrected chi connectivity index (χ2v) is 4.95. The zero-order valence-corrected chi connectivity index (χ0v) is 12.7. The number of aromatic nitrogens is 2. The van der Waals surface area contributed by atoms with Crippen molar-refractivity contribution >= 4 is 16.9 Å². The maximum atomic E-state index is 11.9. The van der Waals surface area contributed by atoms with Crippen LogP contribution < -0.4 is 5.56 Å². The van der Waals surface area contributed by atoms with Gasteiger partial charge in [-0.2, -0.15) is 0 Å². The predicted molar refractivity (Wildman–Crippen MR) is 85.7 cm³/mol. The molecule has 0 saturated heterocycles. The van der Waals surface area contributed by atoms with Gasteiger partial charge >= 0.3 is 5.97 Å². The Morgan fingerprint density at radius 1 is 1.32 bits per heavy atom. The maximum Gasteiger partial charge on any atom is 0.306 e. The van der Waals surface area contributed by atoms with E-state index in [4.69, 9.17) is 4.74 Å². The molecule has 2 rings (SSSR count). The second-order valence-electron chi connectivity index (χ2n) is 4.95. The highest BCUT2D eigenvalue weighted by atomic mass is 16.5. The van der Waals surface area contributed by atoms with Crippen LogP contribution in [-0.2, 0) is 16.0 Å². The molecule has 1 heterocycles. The number of hydrogen-bond acceptors (Lipinski definition) is 4. The summed E-state index contributed by atoms with van der Waals surface area (Å²) >= 11 is 0. The first-order valence-electron chi connectivity index (χ1n) is 7.49. The van der Waals surface area contributed by atoms with Gasteiger partial charge in [0.25, 0.3) is 5.56 Å². The molecule has 0 radical (unpaired) electrons. The summed E-state index contributed by atoms with van der Waals surface area (Å²) in [5.74, 6) is 0.367. The van der Waals surface area contributed by atoms with Gasteiger partial charge in [0.1, 0.15) is 12.4 Å². The van der Waals surface area contributed by atoms with Crippen LogP contribution in [0.25, 0.3) is 10.9 Å². The van der Waals surface area contributed by atoms with E-state index in [9.17, 15) is 9.59 Å². The summed E-state index contributed by atoms with van der Waals surface area (Å²) in [7, 11) is 0. The van der Waals surface area contributed by atoms with Crippen molar-refractivity contribution in [2.24, 2.45) is 0 Å². The molecule has 2 aromatic rings. The molecule has 0 spiro atoms. The summed E-state index contributed by atoms with van der Waals surface area (Å²) in [6.07, 6.45) is 6.17. The number of fused-ring (bicyclic) bond motifs is 1. The van der Waals surface area contributed by atoms with Crippen molar-refractivity contribution in [3.8, 4) is 0 Å². The molecule has 0 atom stereocenters. The van der Waals surface area contributed by atoms with Crippen LogP contribution in [-0.4, -0.2) is 22.5 Å². The first-order chi connectivity index (χ1) is 10.7. The van der Waals surface area contributed by atoms with E-state index in [1.165, 1.54) is 0 Å². The molecule has 0 fully saturated rings. The molecule has 22 heavy (non-hydrogen) atoms. The first-order valence-corrected chi connectivity index (χ1v) is 7.49. The highest BCUT2D eigenvalue weighted by Crippen LogP contribution is 2.07. The van der Waals surface area contributed by atoms with E-state index in [1.807, 2.05) is 37.3 Å². The quantitative estimate of drug-likeness (QED) is 0.630. The minimum absolute atomic E-state index is 0.145. The minimum atomic E-state index is -0.233. The fraction of sp³-hybridized carbons (Fsp3) is 0.353. The number of carbonyl (C=O) groups is 1. The Labute approximate surface area is 129 Å². The molecule has 1 aromatic heterocycles. The molecule has 0 saturated carbocycles. The Balaban J connectivity index is 1.86. The van der Waals surface area contributed by atoms with Gasteiger partial charge in [-0.25, -0.2) is 4.98 Å². The van der Waals surface area contributed by atoms with Crippen molar-refractivity contribution in [2.75, 3.05) is 6.61 Å². The highest BCUT2D eigenvalue weighted by Gasteiger charge is 2.05. The summed E-state index contributed by atoms with van der Waals surface area (Å²) in [6, 6.07) is 7.20. The van der Waals surface area contributed by atoms with Crippen molar-refractivity contribution in [3.63, 3.8) is 0 Å². The molecule has 5 nitrogen and oxygen atoms in total. The zero-order chi connectivity index (χ0) is 15.8. The van der Waals surface area contributed by atoms with Crippen molar-refractivity contribution in [1.82, 2.24) is 9.97 Å².